The van der Waals surface area contributed by atoms with E-state index in [4.69, 9.17) is 26.8 Å². The van der Waals surface area contributed by atoms with Gasteiger partial charge in [0.25, 0.3) is 0 Å². The van der Waals surface area contributed by atoms with Gasteiger partial charge in [-0.05, 0) is 44.1 Å². The van der Waals surface area contributed by atoms with Gasteiger partial charge in [-0.3, -0.25) is 4.79 Å². The Morgan fingerprint density at radius 3 is 2.93 bits per heavy atom. The second-order valence-electron chi connectivity index (χ2n) is 6.82. The Morgan fingerprint density at radius 1 is 1.41 bits per heavy atom. The zero-order chi connectivity index (χ0) is 19.4. The number of methoxy groups -OCH3 is 1. The maximum Gasteiger partial charge on any atom is 0.314 e. The molecule has 0 amide bonds. The van der Waals surface area contributed by atoms with Crippen molar-refractivity contribution in [3.8, 4) is 17.1 Å². The number of piperidine rings is 1. The Morgan fingerprint density at radius 2 is 2.19 bits per heavy atom. The number of benzene rings is 1. The number of quaternary nitrogens is 1. The van der Waals surface area contributed by atoms with Crippen LogP contribution < -0.4 is 9.64 Å². The Bertz CT molecular complexity index is 861. The Kier molecular flexibility index (Phi) is 6.28. The summed E-state index contributed by atoms with van der Waals surface area (Å²) in [7, 11) is 3.57. The highest BCUT2D eigenvalue weighted by molar-refractivity contribution is 7.71. The van der Waals surface area contributed by atoms with Crippen LogP contribution in [0.5, 0.6) is 5.75 Å². The third-order valence-electron chi connectivity index (χ3n) is 5.00. The lowest BCUT2D eigenvalue weighted by Gasteiger charge is -2.28. The van der Waals surface area contributed by atoms with Crippen LogP contribution in [0.3, 0.4) is 0 Å². The summed E-state index contributed by atoms with van der Waals surface area (Å²) in [6.45, 7) is 4.66. The van der Waals surface area contributed by atoms with Crippen molar-refractivity contribution >= 4 is 18.2 Å². The fourth-order valence-electron chi connectivity index (χ4n) is 3.62. The highest BCUT2D eigenvalue weighted by Gasteiger charge is 2.30. The van der Waals surface area contributed by atoms with Crippen molar-refractivity contribution in [3.63, 3.8) is 0 Å². The van der Waals surface area contributed by atoms with Gasteiger partial charge in [0.05, 0.1) is 32.4 Å². The normalized spacial score (nSPS) is 19.7. The molecule has 0 radical (unpaired) electrons. The molecule has 8 heteroatoms. The van der Waals surface area contributed by atoms with Gasteiger partial charge in [-0.25, -0.2) is 0 Å². The van der Waals surface area contributed by atoms with Crippen molar-refractivity contribution in [1.29, 1.82) is 0 Å². The maximum atomic E-state index is 12.1. The van der Waals surface area contributed by atoms with E-state index in [1.165, 1.54) is 4.90 Å². The van der Waals surface area contributed by atoms with Crippen LogP contribution in [-0.4, -0.2) is 47.1 Å². The van der Waals surface area contributed by atoms with Gasteiger partial charge >= 0.3 is 5.97 Å². The van der Waals surface area contributed by atoms with E-state index in [2.05, 4.69) is 0 Å². The first-order valence-corrected chi connectivity index (χ1v) is 9.73. The Balaban J connectivity index is 1.80. The van der Waals surface area contributed by atoms with Gasteiger partial charge in [-0.2, -0.15) is 4.68 Å². The zero-order valence-corrected chi connectivity index (χ0v) is 16.9. The average molecular weight is 392 g/mol. The SMILES string of the molecule is CCOC(=O)[C@@H]1CCC[NH+](Cn2nc(-c3ccccc3OC)n(C)c2=S)C1. The number of carbonyl (C=O) groups is 1. The highest BCUT2D eigenvalue weighted by atomic mass is 32.1. The molecule has 1 aromatic carbocycles. The molecule has 3 rings (SSSR count). The number of esters is 1. The molecular formula is C19H27N4O3S+. The van der Waals surface area contributed by atoms with E-state index >= 15 is 0 Å². The number of nitrogens with zero attached hydrogens (tertiary/aromatic N) is 3. The van der Waals surface area contributed by atoms with Gasteiger partial charge in [0.15, 0.2) is 12.5 Å². The number of hydrogen-bond acceptors (Lipinski definition) is 5. The standard InChI is InChI=1S/C19H26N4O3S/c1-4-26-18(24)14-8-7-11-22(12-14)13-23-19(27)21(2)17(20-23)15-9-5-6-10-16(15)25-3/h5-6,9-10,14H,4,7-8,11-13H2,1-3H3/p+1/t14-/m1/s1. The molecule has 0 aliphatic carbocycles. The quantitative estimate of drug-likeness (QED) is 0.596. The molecule has 1 aliphatic rings. The average Bonchev–Trinajstić information content (AvgIpc) is 2.96. The van der Waals surface area contributed by atoms with Crippen LogP contribution in [0.15, 0.2) is 24.3 Å². The summed E-state index contributed by atoms with van der Waals surface area (Å²) in [6.07, 6.45) is 1.89. The molecule has 7 nitrogen and oxygen atoms in total. The van der Waals surface area contributed by atoms with Crippen molar-refractivity contribution in [2.75, 3.05) is 26.8 Å². The summed E-state index contributed by atoms with van der Waals surface area (Å²) < 4.78 is 15.1. The first-order valence-electron chi connectivity index (χ1n) is 9.32. The summed E-state index contributed by atoms with van der Waals surface area (Å²) >= 11 is 5.60. The van der Waals surface area contributed by atoms with Gasteiger partial charge in [-0.15, -0.1) is 5.10 Å². The zero-order valence-electron chi connectivity index (χ0n) is 16.1. The fraction of sp³-hybridized carbons (Fsp3) is 0.526. The summed E-state index contributed by atoms with van der Waals surface area (Å²) in [5.74, 6) is 1.41. The molecule has 2 atom stereocenters. The van der Waals surface area contributed by atoms with E-state index in [1.807, 2.05) is 47.5 Å². The van der Waals surface area contributed by atoms with E-state index in [1.54, 1.807) is 7.11 Å². The van der Waals surface area contributed by atoms with Gasteiger partial charge in [0.2, 0.25) is 4.77 Å². The van der Waals surface area contributed by atoms with Crippen LogP contribution in [0.25, 0.3) is 11.4 Å². The van der Waals surface area contributed by atoms with Gasteiger partial charge < -0.3 is 18.9 Å². The second-order valence-corrected chi connectivity index (χ2v) is 7.18. The van der Waals surface area contributed by atoms with Crippen molar-refractivity contribution < 1.29 is 19.2 Å². The number of aromatic nitrogens is 3. The third kappa shape index (κ3) is 4.22. The van der Waals surface area contributed by atoms with E-state index < -0.39 is 0 Å². The van der Waals surface area contributed by atoms with Gasteiger partial charge in [0.1, 0.15) is 11.7 Å². The molecule has 1 aliphatic heterocycles. The van der Waals surface area contributed by atoms with Crippen LogP contribution in [0.2, 0.25) is 0 Å². The molecule has 1 unspecified atom stereocenters. The van der Waals surface area contributed by atoms with Crippen LogP contribution in [0.4, 0.5) is 0 Å². The predicted molar refractivity (Wildman–Crippen MR) is 104 cm³/mol. The molecule has 27 heavy (non-hydrogen) atoms. The van der Waals surface area contributed by atoms with Crippen molar-refractivity contribution in [1.82, 2.24) is 14.3 Å². The third-order valence-corrected chi connectivity index (χ3v) is 5.48. The lowest BCUT2D eigenvalue weighted by Crippen LogP contribution is -3.13. The molecule has 2 heterocycles. The molecule has 0 bridgehead atoms. The van der Waals surface area contributed by atoms with Crippen molar-refractivity contribution in [2.24, 2.45) is 13.0 Å². The van der Waals surface area contributed by atoms with Crippen LogP contribution in [0, 0.1) is 10.7 Å². The molecule has 1 aromatic heterocycles. The van der Waals surface area contributed by atoms with E-state index in [-0.39, 0.29) is 11.9 Å². The lowest BCUT2D eigenvalue weighted by atomic mass is 9.99. The number of rotatable bonds is 6. The van der Waals surface area contributed by atoms with Gasteiger partial charge in [0, 0.05) is 7.05 Å². The summed E-state index contributed by atoms with van der Waals surface area (Å²) in [6, 6.07) is 7.78. The monoisotopic (exact) mass is 391 g/mol. The number of carbonyl (C=O) groups excluding carboxylic acids is 1. The Hall–Kier alpha value is -2.19. The van der Waals surface area contributed by atoms with Crippen molar-refractivity contribution in [2.45, 2.75) is 26.4 Å². The molecule has 146 valence electrons. The Labute approximate surface area is 164 Å². The lowest BCUT2D eigenvalue weighted by molar-refractivity contribution is -0.930. The molecule has 0 saturated carbocycles. The molecule has 1 saturated heterocycles. The summed E-state index contributed by atoms with van der Waals surface area (Å²) in [4.78, 5) is 13.4. The minimum Gasteiger partial charge on any atom is -0.496 e. The first-order chi connectivity index (χ1) is 13.0. The molecular weight excluding hydrogens is 364 g/mol. The second kappa shape index (κ2) is 8.67. The molecule has 0 spiro atoms. The summed E-state index contributed by atoms with van der Waals surface area (Å²) in [5, 5.41) is 4.75. The molecule has 1 N–H and O–H groups in total. The largest absolute Gasteiger partial charge is 0.496 e. The number of hydrogen-bond donors (Lipinski definition) is 1. The van der Waals surface area contributed by atoms with Crippen LogP contribution in [-0.2, 0) is 23.2 Å². The highest BCUT2D eigenvalue weighted by Crippen LogP contribution is 2.27. The van der Waals surface area contributed by atoms with Crippen molar-refractivity contribution in [3.05, 3.63) is 29.0 Å². The minimum atomic E-state index is -0.0889. The number of nitrogens with one attached hydrogen (secondary N) is 1. The summed E-state index contributed by atoms with van der Waals surface area (Å²) in [5.41, 5.74) is 0.908. The maximum absolute atomic E-state index is 12.1. The number of likely N-dealkylation sites (tertiary alicyclic amines) is 1. The number of ether oxygens (including phenoxy) is 2. The number of para-hydroxylation sites is 1. The van der Waals surface area contributed by atoms with Crippen LogP contribution in [0.1, 0.15) is 19.8 Å². The van der Waals surface area contributed by atoms with Gasteiger partial charge in [-0.1, -0.05) is 12.1 Å². The van der Waals surface area contributed by atoms with E-state index in [0.717, 1.165) is 43.1 Å². The first kappa shape index (κ1) is 19.6. The van der Waals surface area contributed by atoms with E-state index in [9.17, 15) is 4.79 Å². The topological polar surface area (TPSA) is 62.7 Å². The molecule has 2 aromatic rings. The van der Waals surface area contributed by atoms with E-state index in [0.29, 0.717) is 18.0 Å². The predicted octanol–water partition coefficient (Wildman–Crippen LogP) is 1.44. The fourth-order valence-corrected chi connectivity index (χ4v) is 3.81. The minimum absolute atomic E-state index is 0.0414. The molecule has 1 fully saturated rings. The smallest absolute Gasteiger partial charge is 0.314 e. The van der Waals surface area contributed by atoms with Crippen LogP contribution >= 0.6 is 12.2 Å².